The summed E-state index contributed by atoms with van der Waals surface area (Å²) in [5.74, 6) is -1.98. The number of carbonyl (C=O) groups is 3. The van der Waals surface area contributed by atoms with E-state index in [4.69, 9.17) is 0 Å². The number of halogens is 2. The van der Waals surface area contributed by atoms with Crippen LogP contribution in [0.3, 0.4) is 0 Å². The Kier molecular flexibility index (Phi) is 7.02. The number of hydrogen-bond donors (Lipinski definition) is 3. The molecular formula is C19H19F2N3O4. The van der Waals surface area contributed by atoms with Crippen LogP contribution in [0.2, 0.25) is 0 Å². The maximum atomic E-state index is 12.2. The molecule has 3 N–H and O–H groups in total. The maximum Gasteiger partial charge on any atom is 0.387 e. The first-order chi connectivity index (χ1) is 13.3. The van der Waals surface area contributed by atoms with Gasteiger partial charge < -0.3 is 10.1 Å². The lowest BCUT2D eigenvalue weighted by Gasteiger charge is -2.11. The van der Waals surface area contributed by atoms with Gasteiger partial charge in [0.25, 0.3) is 17.7 Å². The molecule has 2 rings (SSSR count). The smallest absolute Gasteiger partial charge is 0.387 e. The minimum atomic E-state index is -3.01. The molecule has 0 aliphatic rings. The highest BCUT2D eigenvalue weighted by molar-refractivity contribution is 5.98. The third-order valence-electron chi connectivity index (χ3n) is 3.67. The Morgan fingerprint density at radius 3 is 2.43 bits per heavy atom. The van der Waals surface area contributed by atoms with Gasteiger partial charge in [-0.3, -0.25) is 25.2 Å². The Hall–Kier alpha value is -3.49. The van der Waals surface area contributed by atoms with E-state index in [-0.39, 0.29) is 11.3 Å². The number of aryl methyl sites for hydroxylation is 2. The van der Waals surface area contributed by atoms with E-state index in [0.717, 1.165) is 17.2 Å². The monoisotopic (exact) mass is 391 g/mol. The van der Waals surface area contributed by atoms with Crippen LogP contribution in [0.15, 0.2) is 42.5 Å². The van der Waals surface area contributed by atoms with E-state index < -0.39 is 30.9 Å². The minimum Gasteiger partial charge on any atom is -0.435 e. The Labute approximate surface area is 160 Å². The number of carbonyl (C=O) groups excluding carboxylic acids is 3. The van der Waals surface area contributed by atoms with Crippen molar-refractivity contribution in [1.82, 2.24) is 16.2 Å². The number of hydrazine groups is 1. The lowest BCUT2D eigenvalue weighted by Crippen LogP contribution is -2.46. The molecule has 2 aromatic carbocycles. The Morgan fingerprint density at radius 2 is 1.75 bits per heavy atom. The second-order valence-electron chi connectivity index (χ2n) is 5.91. The fourth-order valence-corrected chi connectivity index (χ4v) is 2.38. The summed E-state index contributed by atoms with van der Waals surface area (Å²) < 4.78 is 28.6. The summed E-state index contributed by atoms with van der Waals surface area (Å²) in [7, 11) is 0. The van der Waals surface area contributed by atoms with Gasteiger partial charge in [0.2, 0.25) is 0 Å². The van der Waals surface area contributed by atoms with Crippen LogP contribution in [-0.2, 0) is 4.79 Å². The molecule has 0 aliphatic heterocycles. The first-order valence-electron chi connectivity index (χ1n) is 8.26. The van der Waals surface area contributed by atoms with E-state index in [1.165, 1.54) is 18.2 Å². The lowest BCUT2D eigenvalue weighted by molar-refractivity contribution is -0.120. The predicted molar refractivity (Wildman–Crippen MR) is 96.9 cm³/mol. The van der Waals surface area contributed by atoms with Crippen LogP contribution in [0.4, 0.5) is 8.78 Å². The molecule has 0 saturated carbocycles. The number of nitrogens with one attached hydrogen (secondary N) is 3. The summed E-state index contributed by atoms with van der Waals surface area (Å²) in [6.45, 7) is 0.237. The van der Waals surface area contributed by atoms with Crippen molar-refractivity contribution in [2.24, 2.45) is 0 Å². The van der Waals surface area contributed by atoms with Gasteiger partial charge in [-0.2, -0.15) is 8.78 Å². The number of amides is 3. The van der Waals surface area contributed by atoms with Crippen molar-refractivity contribution >= 4 is 17.7 Å². The standard InChI is InChI=1S/C19H19F2N3O4/c1-11-6-7-15(12(2)8-11)18(27)24-23-16(25)10-22-17(26)13-4-3-5-14(9-13)28-19(20)21/h3-9,19H,10H2,1-2H3,(H,22,26)(H,23,25)(H,24,27). The highest BCUT2D eigenvalue weighted by Crippen LogP contribution is 2.15. The van der Waals surface area contributed by atoms with Crippen molar-refractivity contribution in [3.05, 3.63) is 64.7 Å². The van der Waals surface area contributed by atoms with Gasteiger partial charge in [0.05, 0.1) is 6.54 Å². The van der Waals surface area contributed by atoms with Gasteiger partial charge in [0.1, 0.15) is 5.75 Å². The molecule has 0 unspecified atom stereocenters. The summed E-state index contributed by atoms with van der Waals surface area (Å²) >= 11 is 0. The van der Waals surface area contributed by atoms with Crippen LogP contribution in [0.25, 0.3) is 0 Å². The Bertz CT molecular complexity index is 887. The van der Waals surface area contributed by atoms with E-state index in [1.807, 2.05) is 13.0 Å². The van der Waals surface area contributed by atoms with Gasteiger partial charge in [-0.1, -0.05) is 23.8 Å². The minimum absolute atomic E-state index is 0.0465. The van der Waals surface area contributed by atoms with Crippen molar-refractivity contribution in [3.63, 3.8) is 0 Å². The molecule has 3 amide bonds. The van der Waals surface area contributed by atoms with Crippen LogP contribution in [0, 0.1) is 13.8 Å². The molecule has 0 radical (unpaired) electrons. The second-order valence-corrected chi connectivity index (χ2v) is 5.91. The van der Waals surface area contributed by atoms with Gasteiger partial charge in [0, 0.05) is 11.1 Å². The van der Waals surface area contributed by atoms with Gasteiger partial charge >= 0.3 is 6.61 Å². The largest absolute Gasteiger partial charge is 0.435 e. The molecule has 7 nitrogen and oxygen atoms in total. The number of alkyl halides is 2. The quantitative estimate of drug-likeness (QED) is 0.657. The first kappa shape index (κ1) is 20.8. The normalized spacial score (nSPS) is 10.3. The second kappa shape index (κ2) is 9.45. The van der Waals surface area contributed by atoms with Gasteiger partial charge in [-0.25, -0.2) is 0 Å². The van der Waals surface area contributed by atoms with E-state index in [1.54, 1.807) is 19.1 Å². The number of ether oxygens (including phenoxy) is 1. The van der Waals surface area contributed by atoms with Crippen molar-refractivity contribution in [2.45, 2.75) is 20.5 Å². The molecule has 0 atom stereocenters. The summed E-state index contributed by atoms with van der Waals surface area (Å²) in [6.07, 6.45) is 0. The highest BCUT2D eigenvalue weighted by Gasteiger charge is 2.13. The average Bonchev–Trinajstić information content (AvgIpc) is 2.63. The fraction of sp³-hybridized carbons (Fsp3) is 0.211. The molecule has 0 fully saturated rings. The topological polar surface area (TPSA) is 96.5 Å². The van der Waals surface area contributed by atoms with Crippen molar-refractivity contribution in [2.75, 3.05) is 6.54 Å². The van der Waals surface area contributed by atoms with E-state index in [0.29, 0.717) is 5.56 Å². The molecule has 0 spiro atoms. The Morgan fingerprint density at radius 1 is 1.00 bits per heavy atom. The van der Waals surface area contributed by atoms with Gasteiger partial charge in [-0.05, 0) is 43.7 Å². The molecular weight excluding hydrogens is 372 g/mol. The van der Waals surface area contributed by atoms with Crippen LogP contribution >= 0.6 is 0 Å². The Balaban J connectivity index is 1.83. The average molecular weight is 391 g/mol. The zero-order chi connectivity index (χ0) is 20.7. The fourth-order valence-electron chi connectivity index (χ4n) is 2.38. The van der Waals surface area contributed by atoms with Gasteiger partial charge in [-0.15, -0.1) is 0 Å². The maximum absolute atomic E-state index is 12.2. The molecule has 9 heteroatoms. The number of benzene rings is 2. The van der Waals surface area contributed by atoms with Crippen LogP contribution < -0.4 is 20.9 Å². The van der Waals surface area contributed by atoms with Crippen molar-refractivity contribution < 1.29 is 27.9 Å². The molecule has 148 valence electrons. The van der Waals surface area contributed by atoms with Crippen LogP contribution in [0.5, 0.6) is 5.75 Å². The molecule has 0 aromatic heterocycles. The SMILES string of the molecule is Cc1ccc(C(=O)NNC(=O)CNC(=O)c2cccc(OC(F)F)c2)c(C)c1. The highest BCUT2D eigenvalue weighted by atomic mass is 19.3. The van der Waals surface area contributed by atoms with E-state index in [2.05, 4.69) is 20.9 Å². The molecule has 0 heterocycles. The third-order valence-corrected chi connectivity index (χ3v) is 3.67. The summed E-state index contributed by atoms with van der Waals surface area (Å²) in [5.41, 5.74) is 6.66. The lowest BCUT2D eigenvalue weighted by atomic mass is 10.1. The zero-order valence-corrected chi connectivity index (χ0v) is 15.2. The molecule has 28 heavy (non-hydrogen) atoms. The van der Waals surface area contributed by atoms with Crippen LogP contribution in [-0.4, -0.2) is 30.9 Å². The summed E-state index contributed by atoms with van der Waals surface area (Å²) in [5, 5.41) is 2.32. The zero-order valence-electron chi connectivity index (χ0n) is 15.2. The number of rotatable bonds is 6. The third kappa shape index (κ3) is 6.04. The molecule has 0 saturated heterocycles. The molecule has 0 bridgehead atoms. The number of hydrogen-bond acceptors (Lipinski definition) is 4. The summed E-state index contributed by atoms with van der Waals surface area (Å²) in [4.78, 5) is 35.9. The predicted octanol–water partition coefficient (Wildman–Crippen LogP) is 2.10. The van der Waals surface area contributed by atoms with E-state index >= 15 is 0 Å². The molecule has 0 aliphatic carbocycles. The van der Waals surface area contributed by atoms with Crippen LogP contribution in [0.1, 0.15) is 31.8 Å². The molecule has 2 aromatic rings. The first-order valence-corrected chi connectivity index (χ1v) is 8.26. The van der Waals surface area contributed by atoms with Gasteiger partial charge in [0.15, 0.2) is 0 Å². The summed E-state index contributed by atoms with van der Waals surface area (Å²) in [6, 6.07) is 10.4. The van der Waals surface area contributed by atoms with Crippen molar-refractivity contribution in [1.29, 1.82) is 0 Å². The van der Waals surface area contributed by atoms with E-state index in [9.17, 15) is 23.2 Å². The van der Waals surface area contributed by atoms with Crippen molar-refractivity contribution in [3.8, 4) is 5.75 Å².